The summed E-state index contributed by atoms with van der Waals surface area (Å²) in [5, 5.41) is 0. The molecule has 0 fully saturated rings. The third kappa shape index (κ3) is 5.71. The molecule has 2 aromatic rings. The first-order chi connectivity index (χ1) is 12.2. The number of hydrogen-bond acceptors (Lipinski definition) is 5. The zero-order valence-corrected chi connectivity index (χ0v) is 16.3. The SMILES string of the molecule is CN1C=CN(Cc2ccccc2)C1SCC(=O)COc1ccccc1.Cl. The summed E-state index contributed by atoms with van der Waals surface area (Å²) in [5.74, 6) is 1.24. The first-order valence-electron chi connectivity index (χ1n) is 8.23. The van der Waals surface area contributed by atoms with Gasteiger partial charge in [-0.3, -0.25) is 4.79 Å². The van der Waals surface area contributed by atoms with Gasteiger partial charge in [0.05, 0.1) is 5.75 Å². The first-order valence-corrected chi connectivity index (χ1v) is 9.28. The molecule has 0 saturated heterocycles. The number of carbonyl (C=O) groups is 1. The number of ether oxygens (including phenoxy) is 1. The highest BCUT2D eigenvalue weighted by Gasteiger charge is 2.25. The van der Waals surface area contributed by atoms with Gasteiger partial charge in [0.15, 0.2) is 5.78 Å². The van der Waals surface area contributed by atoms with E-state index in [1.165, 1.54) is 5.56 Å². The van der Waals surface area contributed by atoms with E-state index in [1.54, 1.807) is 11.8 Å². The minimum atomic E-state index is 0. The van der Waals surface area contributed by atoms with E-state index in [1.807, 2.05) is 61.8 Å². The summed E-state index contributed by atoms with van der Waals surface area (Å²) < 4.78 is 5.53. The molecule has 0 aromatic heterocycles. The van der Waals surface area contributed by atoms with Crippen molar-refractivity contribution in [2.24, 2.45) is 0 Å². The van der Waals surface area contributed by atoms with Crippen LogP contribution in [0.4, 0.5) is 0 Å². The van der Waals surface area contributed by atoms with Crippen molar-refractivity contribution >= 4 is 30.0 Å². The molecule has 0 spiro atoms. The maximum Gasteiger partial charge on any atom is 0.180 e. The van der Waals surface area contributed by atoms with Crippen LogP contribution in [0.2, 0.25) is 0 Å². The number of thioether (sulfide) groups is 1. The van der Waals surface area contributed by atoms with Crippen molar-refractivity contribution in [3.8, 4) is 5.75 Å². The maximum atomic E-state index is 12.1. The summed E-state index contributed by atoms with van der Waals surface area (Å²) in [4.78, 5) is 16.5. The molecule has 2 aromatic carbocycles. The molecular formula is C20H23ClN2O2S. The number of hydrogen-bond donors (Lipinski definition) is 0. The van der Waals surface area contributed by atoms with Gasteiger partial charge in [-0.15, -0.1) is 24.2 Å². The number of benzene rings is 2. The molecule has 1 heterocycles. The summed E-state index contributed by atoms with van der Waals surface area (Å²) >= 11 is 1.62. The molecule has 0 bridgehead atoms. The molecule has 4 nitrogen and oxygen atoms in total. The lowest BCUT2D eigenvalue weighted by Crippen LogP contribution is -2.34. The van der Waals surface area contributed by atoms with Crippen LogP contribution in [0.1, 0.15) is 5.56 Å². The van der Waals surface area contributed by atoms with E-state index in [9.17, 15) is 4.79 Å². The summed E-state index contributed by atoms with van der Waals surface area (Å²) in [6.07, 6.45) is 4.13. The summed E-state index contributed by atoms with van der Waals surface area (Å²) in [6.45, 7) is 0.938. The lowest BCUT2D eigenvalue weighted by molar-refractivity contribution is -0.118. The van der Waals surface area contributed by atoms with Gasteiger partial charge < -0.3 is 14.5 Å². The van der Waals surface area contributed by atoms with Crippen molar-refractivity contribution in [1.82, 2.24) is 9.80 Å². The minimum absolute atomic E-state index is 0. The van der Waals surface area contributed by atoms with Gasteiger partial charge in [-0.25, -0.2) is 0 Å². The van der Waals surface area contributed by atoms with Gasteiger partial charge in [0.2, 0.25) is 0 Å². The fraction of sp³-hybridized carbons (Fsp3) is 0.250. The van der Waals surface area contributed by atoms with Gasteiger partial charge in [-0.05, 0) is 17.7 Å². The van der Waals surface area contributed by atoms with Crippen molar-refractivity contribution in [3.63, 3.8) is 0 Å². The van der Waals surface area contributed by atoms with Crippen LogP contribution in [0, 0.1) is 0 Å². The highest BCUT2D eigenvalue weighted by atomic mass is 35.5. The van der Waals surface area contributed by atoms with Gasteiger partial charge in [0.1, 0.15) is 17.9 Å². The van der Waals surface area contributed by atoms with Crippen LogP contribution in [-0.4, -0.2) is 40.5 Å². The van der Waals surface area contributed by atoms with Crippen LogP contribution in [0.15, 0.2) is 73.1 Å². The number of ketones is 1. The average Bonchev–Trinajstić information content (AvgIpc) is 2.99. The van der Waals surface area contributed by atoms with Crippen molar-refractivity contribution in [2.45, 2.75) is 12.0 Å². The Kier molecular flexibility index (Phi) is 7.88. The van der Waals surface area contributed by atoms with Gasteiger partial charge >= 0.3 is 0 Å². The molecule has 26 heavy (non-hydrogen) atoms. The Balaban J connectivity index is 0.00000243. The van der Waals surface area contributed by atoms with Gasteiger partial charge in [0.25, 0.3) is 0 Å². The quantitative estimate of drug-likeness (QED) is 0.680. The third-order valence-electron chi connectivity index (χ3n) is 3.87. The van der Waals surface area contributed by atoms with E-state index >= 15 is 0 Å². The fourth-order valence-electron chi connectivity index (χ4n) is 2.60. The average molecular weight is 391 g/mol. The maximum absolute atomic E-state index is 12.1. The van der Waals surface area contributed by atoms with Crippen LogP contribution < -0.4 is 4.74 Å². The van der Waals surface area contributed by atoms with Crippen molar-refractivity contribution < 1.29 is 9.53 Å². The molecule has 3 rings (SSSR count). The second-order valence-electron chi connectivity index (χ2n) is 5.90. The molecule has 0 radical (unpaired) electrons. The van der Waals surface area contributed by atoms with Crippen molar-refractivity contribution in [3.05, 3.63) is 78.6 Å². The molecule has 1 atom stereocenters. The molecule has 1 unspecified atom stereocenters. The molecule has 0 aliphatic carbocycles. The first kappa shape index (κ1) is 20.2. The monoisotopic (exact) mass is 390 g/mol. The van der Waals surface area contributed by atoms with E-state index in [-0.39, 0.29) is 30.3 Å². The number of halogens is 1. The highest BCUT2D eigenvalue weighted by molar-refractivity contribution is 8.00. The van der Waals surface area contributed by atoms with Crippen molar-refractivity contribution in [2.75, 3.05) is 19.4 Å². The van der Waals surface area contributed by atoms with E-state index < -0.39 is 0 Å². The number of carbonyl (C=O) groups excluding carboxylic acids is 1. The normalized spacial score (nSPS) is 15.7. The minimum Gasteiger partial charge on any atom is -0.486 e. The number of rotatable bonds is 8. The standard InChI is InChI=1S/C20H22N2O2S.ClH/c1-21-12-13-22(14-17-8-4-2-5-9-17)20(21)25-16-18(23)15-24-19-10-6-3-7-11-19;/h2-13,20H,14-16H2,1H3;1H. The predicted octanol–water partition coefficient (Wildman–Crippen LogP) is 3.99. The lowest BCUT2D eigenvalue weighted by Gasteiger charge is -2.29. The molecular weight excluding hydrogens is 368 g/mol. The summed E-state index contributed by atoms with van der Waals surface area (Å²) in [5.41, 5.74) is 1.38. The van der Waals surface area contributed by atoms with Crippen LogP contribution in [0.5, 0.6) is 5.75 Å². The fourth-order valence-corrected chi connectivity index (χ4v) is 3.66. The largest absolute Gasteiger partial charge is 0.486 e. The molecule has 0 amide bonds. The van der Waals surface area contributed by atoms with Gasteiger partial charge in [-0.1, -0.05) is 48.5 Å². The number of nitrogens with zero attached hydrogens (tertiary/aromatic N) is 2. The highest BCUT2D eigenvalue weighted by Crippen LogP contribution is 2.26. The predicted molar refractivity (Wildman–Crippen MR) is 109 cm³/mol. The molecule has 1 aliphatic heterocycles. The van der Waals surface area contributed by atoms with Crippen LogP contribution in [0.3, 0.4) is 0 Å². The Morgan fingerprint density at radius 2 is 1.69 bits per heavy atom. The van der Waals surface area contributed by atoms with Crippen LogP contribution >= 0.6 is 24.2 Å². The lowest BCUT2D eigenvalue weighted by atomic mass is 10.2. The Labute approximate surface area is 165 Å². The second-order valence-corrected chi connectivity index (χ2v) is 6.94. The second kappa shape index (κ2) is 10.1. The van der Waals surface area contributed by atoms with Gasteiger partial charge in [-0.2, -0.15) is 0 Å². The third-order valence-corrected chi connectivity index (χ3v) is 5.26. The topological polar surface area (TPSA) is 32.8 Å². The Hall–Kier alpha value is -2.11. The smallest absolute Gasteiger partial charge is 0.180 e. The molecule has 0 N–H and O–H groups in total. The molecule has 138 valence electrons. The Morgan fingerprint density at radius 1 is 1.04 bits per heavy atom. The summed E-state index contributed by atoms with van der Waals surface area (Å²) in [6, 6.07) is 19.8. The molecule has 6 heteroatoms. The Bertz CT molecular complexity index is 712. The summed E-state index contributed by atoms with van der Waals surface area (Å²) in [7, 11) is 2.03. The van der Waals surface area contributed by atoms with E-state index in [0.29, 0.717) is 5.75 Å². The molecule has 0 saturated carbocycles. The van der Waals surface area contributed by atoms with Gasteiger partial charge in [0, 0.05) is 26.0 Å². The molecule has 1 aliphatic rings. The van der Waals surface area contributed by atoms with E-state index in [0.717, 1.165) is 12.3 Å². The zero-order chi connectivity index (χ0) is 17.5. The van der Waals surface area contributed by atoms with E-state index in [4.69, 9.17) is 4.74 Å². The van der Waals surface area contributed by atoms with Crippen molar-refractivity contribution in [1.29, 1.82) is 0 Å². The van der Waals surface area contributed by atoms with E-state index in [2.05, 4.69) is 28.1 Å². The van der Waals surface area contributed by atoms with Crippen LogP contribution in [-0.2, 0) is 11.3 Å². The van der Waals surface area contributed by atoms with Crippen LogP contribution in [0.25, 0.3) is 0 Å². The zero-order valence-electron chi connectivity index (χ0n) is 14.7. The number of Topliss-reactive ketones (excluding diaryl/α,β-unsaturated/α-hetero) is 1. The number of para-hydroxylation sites is 1. The Morgan fingerprint density at radius 3 is 2.38 bits per heavy atom.